The van der Waals surface area contributed by atoms with Gasteiger partial charge in [-0.25, -0.2) is 4.79 Å². The van der Waals surface area contributed by atoms with E-state index in [0.29, 0.717) is 48.6 Å². The Hall–Kier alpha value is -3.27. The summed E-state index contributed by atoms with van der Waals surface area (Å²) < 4.78 is 53.0. The van der Waals surface area contributed by atoms with E-state index in [0.717, 1.165) is 17.3 Å². The van der Waals surface area contributed by atoms with Crippen LogP contribution in [-0.2, 0) is 23.8 Å². The van der Waals surface area contributed by atoms with Gasteiger partial charge in [-0.05, 0) is 30.0 Å². The first-order chi connectivity index (χ1) is 17.2. The molecule has 1 saturated heterocycles. The molecule has 1 aliphatic heterocycles. The maximum absolute atomic E-state index is 13.9. The average molecular weight is 520 g/mol. The lowest BCUT2D eigenvalue weighted by Gasteiger charge is -2.20. The van der Waals surface area contributed by atoms with Crippen molar-refractivity contribution in [3.8, 4) is 5.75 Å². The van der Waals surface area contributed by atoms with E-state index < -0.39 is 17.4 Å². The Balaban J connectivity index is 1.76. The number of ether oxygens (including phenoxy) is 1. The largest absolute Gasteiger partial charge is 0.493 e. The Bertz CT molecular complexity index is 1320. The number of thioether (sulfide) groups is 1. The standard InChI is InChI=1S/C26H24F3NO5S/c1-2-7-18-23(34-11-6-10-30-21(31)15-36-25(30)33)17(12-16-8-4-3-5-9-16)13-19-20(26(27,28)29)14-22(32)35-24(18)19/h3-5,8-9,13-14H,2,6-7,10-12,15H2,1H3. The van der Waals surface area contributed by atoms with Crippen LogP contribution in [0.2, 0.25) is 0 Å². The summed E-state index contributed by atoms with van der Waals surface area (Å²) in [6, 6.07) is 11.1. The van der Waals surface area contributed by atoms with E-state index in [2.05, 4.69) is 0 Å². The number of hydrogen-bond donors (Lipinski definition) is 0. The summed E-state index contributed by atoms with van der Waals surface area (Å²) in [6.45, 7) is 2.17. The van der Waals surface area contributed by atoms with Gasteiger partial charge in [-0.2, -0.15) is 13.2 Å². The molecular weight excluding hydrogens is 495 g/mol. The van der Waals surface area contributed by atoms with Gasteiger partial charge in [0.2, 0.25) is 5.91 Å². The number of rotatable bonds is 9. The number of alkyl halides is 3. The quantitative estimate of drug-likeness (QED) is 0.262. The minimum atomic E-state index is -4.74. The Kier molecular flexibility index (Phi) is 7.73. The Labute approximate surface area is 209 Å². The molecule has 0 aliphatic carbocycles. The molecule has 1 aliphatic rings. The summed E-state index contributed by atoms with van der Waals surface area (Å²) in [4.78, 5) is 36.9. The van der Waals surface area contributed by atoms with Crippen molar-refractivity contribution >= 4 is 33.9 Å². The smallest absolute Gasteiger partial charge is 0.417 e. The predicted octanol–water partition coefficient (Wildman–Crippen LogP) is 5.82. The van der Waals surface area contributed by atoms with Crippen LogP contribution < -0.4 is 10.4 Å². The van der Waals surface area contributed by atoms with E-state index in [1.54, 1.807) is 0 Å². The molecule has 36 heavy (non-hydrogen) atoms. The summed E-state index contributed by atoms with van der Waals surface area (Å²) in [6.07, 6.45) is -3.18. The second kappa shape index (κ2) is 10.8. The second-order valence-electron chi connectivity index (χ2n) is 8.41. The fourth-order valence-electron chi connectivity index (χ4n) is 4.24. The molecule has 2 heterocycles. The van der Waals surface area contributed by atoms with Crippen LogP contribution in [0.3, 0.4) is 0 Å². The van der Waals surface area contributed by atoms with E-state index in [1.165, 1.54) is 11.0 Å². The van der Waals surface area contributed by atoms with Crippen molar-refractivity contribution < 1.29 is 31.9 Å². The van der Waals surface area contributed by atoms with Crippen molar-refractivity contribution in [3.63, 3.8) is 0 Å². The van der Waals surface area contributed by atoms with E-state index in [1.807, 2.05) is 37.3 Å². The molecule has 0 atom stereocenters. The molecule has 4 rings (SSSR count). The van der Waals surface area contributed by atoms with Crippen LogP contribution in [-0.4, -0.2) is 35.0 Å². The van der Waals surface area contributed by atoms with Gasteiger partial charge in [0.25, 0.3) is 5.24 Å². The van der Waals surface area contributed by atoms with Crippen LogP contribution in [0.25, 0.3) is 11.0 Å². The van der Waals surface area contributed by atoms with Gasteiger partial charge in [-0.3, -0.25) is 14.5 Å². The first kappa shape index (κ1) is 25.8. The Morgan fingerprint density at radius 3 is 2.50 bits per heavy atom. The number of amides is 2. The zero-order valence-electron chi connectivity index (χ0n) is 19.5. The van der Waals surface area contributed by atoms with E-state index in [-0.39, 0.29) is 41.0 Å². The molecule has 0 spiro atoms. The minimum absolute atomic E-state index is 0.118. The van der Waals surface area contributed by atoms with Crippen LogP contribution in [0.15, 0.2) is 51.7 Å². The lowest BCUT2D eigenvalue weighted by molar-refractivity contribution is -0.136. The van der Waals surface area contributed by atoms with Crippen molar-refractivity contribution in [1.82, 2.24) is 4.90 Å². The summed E-state index contributed by atoms with van der Waals surface area (Å²) in [5, 5.41) is -0.488. The number of hydrogen-bond acceptors (Lipinski definition) is 6. The monoisotopic (exact) mass is 519 g/mol. The number of aryl methyl sites for hydroxylation is 1. The average Bonchev–Trinajstić information content (AvgIpc) is 3.15. The molecule has 190 valence electrons. The zero-order valence-corrected chi connectivity index (χ0v) is 20.3. The molecule has 2 aromatic carbocycles. The van der Waals surface area contributed by atoms with Gasteiger partial charge in [0.05, 0.1) is 17.9 Å². The first-order valence-electron chi connectivity index (χ1n) is 11.5. The fourth-order valence-corrected chi connectivity index (χ4v) is 4.99. The summed E-state index contributed by atoms with van der Waals surface area (Å²) in [7, 11) is 0. The summed E-state index contributed by atoms with van der Waals surface area (Å²) in [5.74, 6) is 0.227. The van der Waals surface area contributed by atoms with Crippen molar-refractivity contribution in [2.75, 3.05) is 18.9 Å². The Morgan fingerprint density at radius 2 is 1.86 bits per heavy atom. The first-order valence-corrected chi connectivity index (χ1v) is 12.5. The lowest BCUT2D eigenvalue weighted by Crippen LogP contribution is -2.30. The topological polar surface area (TPSA) is 76.8 Å². The van der Waals surface area contributed by atoms with Crippen LogP contribution in [0.1, 0.15) is 42.0 Å². The van der Waals surface area contributed by atoms with Crippen molar-refractivity contribution in [2.24, 2.45) is 0 Å². The highest BCUT2D eigenvalue weighted by molar-refractivity contribution is 8.14. The van der Waals surface area contributed by atoms with Gasteiger partial charge >= 0.3 is 11.8 Å². The zero-order chi connectivity index (χ0) is 25.9. The third-order valence-electron chi connectivity index (χ3n) is 5.81. The van der Waals surface area contributed by atoms with Gasteiger partial charge in [-0.1, -0.05) is 55.4 Å². The molecule has 0 unspecified atom stereocenters. The number of carbonyl (C=O) groups excluding carboxylic acids is 2. The molecule has 0 saturated carbocycles. The number of carbonyl (C=O) groups is 2. The van der Waals surface area contributed by atoms with Gasteiger partial charge in [-0.15, -0.1) is 0 Å². The fraction of sp³-hybridized carbons (Fsp3) is 0.346. The molecule has 2 amide bonds. The highest BCUT2D eigenvalue weighted by Crippen LogP contribution is 2.40. The molecule has 0 radical (unpaired) electrons. The van der Waals surface area contributed by atoms with Gasteiger partial charge in [0.1, 0.15) is 11.3 Å². The summed E-state index contributed by atoms with van der Waals surface area (Å²) >= 11 is 0.949. The predicted molar refractivity (Wildman–Crippen MR) is 130 cm³/mol. The number of nitrogens with zero attached hydrogens (tertiary/aromatic N) is 1. The molecule has 0 N–H and O–H groups in total. The maximum atomic E-state index is 13.9. The molecule has 3 aromatic rings. The number of benzene rings is 2. The number of imide groups is 1. The van der Waals surface area contributed by atoms with Gasteiger partial charge in [0.15, 0.2) is 0 Å². The van der Waals surface area contributed by atoms with Crippen molar-refractivity contribution in [1.29, 1.82) is 0 Å². The molecule has 10 heteroatoms. The number of halogens is 3. The second-order valence-corrected chi connectivity index (χ2v) is 9.34. The van der Waals surface area contributed by atoms with Crippen molar-refractivity contribution in [2.45, 2.75) is 38.8 Å². The Morgan fingerprint density at radius 1 is 1.11 bits per heavy atom. The van der Waals surface area contributed by atoms with E-state index in [4.69, 9.17) is 9.15 Å². The van der Waals surface area contributed by atoms with Crippen LogP contribution in [0.4, 0.5) is 18.0 Å². The lowest BCUT2D eigenvalue weighted by atomic mass is 9.94. The van der Waals surface area contributed by atoms with Crippen LogP contribution >= 0.6 is 11.8 Å². The molecule has 6 nitrogen and oxygen atoms in total. The molecule has 1 fully saturated rings. The van der Waals surface area contributed by atoms with Gasteiger partial charge < -0.3 is 9.15 Å². The van der Waals surface area contributed by atoms with Gasteiger partial charge in [0, 0.05) is 30.0 Å². The maximum Gasteiger partial charge on any atom is 0.417 e. The molecule has 0 bridgehead atoms. The normalized spacial score (nSPS) is 14.2. The minimum Gasteiger partial charge on any atom is -0.493 e. The van der Waals surface area contributed by atoms with E-state index >= 15 is 0 Å². The number of fused-ring (bicyclic) bond motifs is 1. The van der Waals surface area contributed by atoms with Crippen LogP contribution in [0.5, 0.6) is 5.75 Å². The third kappa shape index (κ3) is 5.59. The highest BCUT2D eigenvalue weighted by Gasteiger charge is 2.35. The van der Waals surface area contributed by atoms with Crippen molar-refractivity contribution in [3.05, 3.63) is 75.1 Å². The van der Waals surface area contributed by atoms with Crippen LogP contribution in [0, 0.1) is 0 Å². The molecule has 1 aromatic heterocycles. The van der Waals surface area contributed by atoms with E-state index in [9.17, 15) is 27.6 Å². The molecular formula is C26H24F3NO5S. The third-order valence-corrected chi connectivity index (χ3v) is 6.67. The highest BCUT2D eigenvalue weighted by atomic mass is 32.2. The summed E-state index contributed by atoms with van der Waals surface area (Å²) in [5.41, 5.74) is -0.466. The SMILES string of the molecule is CCCc1c(OCCCN2C(=O)CSC2=O)c(Cc2ccccc2)cc2c(C(F)(F)F)cc(=O)oc12.